The lowest BCUT2D eigenvalue weighted by Gasteiger charge is -2.05. The Morgan fingerprint density at radius 2 is 1.45 bits per heavy atom. The summed E-state index contributed by atoms with van der Waals surface area (Å²) in [4.78, 5) is 11.9. The van der Waals surface area contributed by atoms with Crippen LogP contribution in [0.2, 0.25) is 0 Å². The highest BCUT2D eigenvalue weighted by atomic mass is 16.1. The molecule has 0 atom stereocenters. The largest absolute Gasteiger partial charge is 0.397 e. The van der Waals surface area contributed by atoms with E-state index in [-0.39, 0.29) is 0 Å². The van der Waals surface area contributed by atoms with Gasteiger partial charge < -0.3 is 11.5 Å². The van der Waals surface area contributed by atoms with Crippen molar-refractivity contribution in [3.8, 4) is 0 Å². The highest BCUT2D eigenvalue weighted by Gasteiger charge is 2.05. The van der Waals surface area contributed by atoms with Gasteiger partial charge in [0, 0.05) is 12.8 Å². The predicted molar refractivity (Wildman–Crippen MR) is 95.8 cm³/mol. The van der Waals surface area contributed by atoms with E-state index in [1.54, 1.807) is 6.07 Å². The number of hydrogen-bond acceptors (Lipinski definition) is 3. The molecule has 22 heavy (non-hydrogen) atoms. The second-order valence-corrected chi connectivity index (χ2v) is 6.26. The van der Waals surface area contributed by atoms with E-state index in [2.05, 4.69) is 6.92 Å². The highest BCUT2D eigenvalue weighted by molar-refractivity contribution is 5.81. The van der Waals surface area contributed by atoms with Gasteiger partial charge in [-0.3, -0.25) is 4.79 Å². The minimum absolute atomic E-state index is 0.298. The Bertz CT molecular complexity index is 443. The van der Waals surface area contributed by atoms with E-state index >= 15 is 0 Å². The van der Waals surface area contributed by atoms with Crippen molar-refractivity contribution in [1.82, 2.24) is 0 Å². The van der Waals surface area contributed by atoms with E-state index in [0.29, 0.717) is 30.0 Å². The fourth-order valence-corrected chi connectivity index (χ4v) is 2.68. The first-order valence-corrected chi connectivity index (χ1v) is 8.79. The van der Waals surface area contributed by atoms with Gasteiger partial charge in [-0.25, -0.2) is 0 Å². The molecule has 1 aromatic carbocycles. The van der Waals surface area contributed by atoms with Crippen molar-refractivity contribution < 1.29 is 4.79 Å². The average molecular weight is 304 g/mol. The third kappa shape index (κ3) is 8.06. The van der Waals surface area contributed by atoms with Crippen LogP contribution in [-0.4, -0.2) is 5.78 Å². The Balaban J connectivity index is 2.05. The summed E-state index contributed by atoms with van der Waals surface area (Å²) in [6.45, 7) is 2.25. The normalized spacial score (nSPS) is 10.8. The lowest BCUT2D eigenvalue weighted by atomic mass is 10.0. The summed E-state index contributed by atoms with van der Waals surface area (Å²) in [5.41, 5.74) is 13.5. The second kappa shape index (κ2) is 11.1. The molecule has 0 aliphatic carbocycles. The average Bonchev–Trinajstić information content (AvgIpc) is 2.49. The quantitative estimate of drug-likeness (QED) is 0.427. The van der Waals surface area contributed by atoms with Gasteiger partial charge in [0.1, 0.15) is 5.78 Å². The lowest BCUT2D eigenvalue weighted by Crippen LogP contribution is -2.04. The van der Waals surface area contributed by atoms with E-state index in [1.807, 2.05) is 12.1 Å². The van der Waals surface area contributed by atoms with Gasteiger partial charge >= 0.3 is 0 Å². The van der Waals surface area contributed by atoms with Gasteiger partial charge in [-0.15, -0.1) is 0 Å². The SMILES string of the molecule is CCCCCCCCCCCC(=O)Cc1ccc(N)c(N)c1. The maximum absolute atomic E-state index is 11.9. The number of rotatable bonds is 12. The Labute approximate surface area is 135 Å². The fourth-order valence-electron chi connectivity index (χ4n) is 2.68. The molecule has 0 saturated carbocycles. The Kier molecular flexibility index (Phi) is 9.36. The molecule has 0 aromatic heterocycles. The van der Waals surface area contributed by atoms with Gasteiger partial charge in [-0.1, -0.05) is 64.4 Å². The van der Waals surface area contributed by atoms with Gasteiger partial charge in [-0.2, -0.15) is 0 Å². The lowest BCUT2D eigenvalue weighted by molar-refractivity contribution is -0.118. The molecule has 0 saturated heterocycles. The molecule has 0 aliphatic rings. The number of carbonyl (C=O) groups is 1. The number of nitrogens with two attached hydrogens (primary N) is 2. The van der Waals surface area contributed by atoms with Crippen LogP contribution in [0.4, 0.5) is 11.4 Å². The van der Waals surface area contributed by atoms with Crippen LogP contribution >= 0.6 is 0 Å². The summed E-state index contributed by atoms with van der Waals surface area (Å²) in [7, 11) is 0. The summed E-state index contributed by atoms with van der Waals surface area (Å²) >= 11 is 0. The highest BCUT2D eigenvalue weighted by Crippen LogP contribution is 2.17. The van der Waals surface area contributed by atoms with Gasteiger partial charge in [0.2, 0.25) is 0 Å². The van der Waals surface area contributed by atoms with Gasteiger partial charge in [0.25, 0.3) is 0 Å². The van der Waals surface area contributed by atoms with Crippen molar-refractivity contribution in [2.24, 2.45) is 0 Å². The van der Waals surface area contributed by atoms with Crippen molar-refractivity contribution in [3.63, 3.8) is 0 Å². The molecule has 3 heteroatoms. The van der Waals surface area contributed by atoms with Crippen LogP contribution < -0.4 is 11.5 Å². The van der Waals surface area contributed by atoms with Crippen molar-refractivity contribution in [3.05, 3.63) is 23.8 Å². The molecule has 0 bridgehead atoms. The number of benzene rings is 1. The topological polar surface area (TPSA) is 69.1 Å². The first kappa shape index (κ1) is 18.5. The first-order valence-electron chi connectivity index (χ1n) is 8.79. The van der Waals surface area contributed by atoms with E-state index < -0.39 is 0 Å². The van der Waals surface area contributed by atoms with Crippen LogP contribution in [0, 0.1) is 0 Å². The molecule has 0 amide bonds. The van der Waals surface area contributed by atoms with E-state index in [4.69, 9.17) is 11.5 Å². The van der Waals surface area contributed by atoms with Crippen LogP contribution in [-0.2, 0) is 11.2 Å². The Morgan fingerprint density at radius 3 is 2.05 bits per heavy atom. The monoisotopic (exact) mass is 304 g/mol. The minimum atomic E-state index is 0.298. The molecule has 0 spiro atoms. The number of ketones is 1. The predicted octanol–water partition coefficient (Wildman–Crippen LogP) is 4.88. The first-order chi connectivity index (χ1) is 10.6. The maximum atomic E-state index is 11.9. The zero-order chi connectivity index (χ0) is 16.2. The summed E-state index contributed by atoms with van der Waals surface area (Å²) in [6, 6.07) is 5.47. The molecule has 1 aromatic rings. The Morgan fingerprint density at radius 1 is 0.864 bits per heavy atom. The number of unbranched alkanes of at least 4 members (excludes halogenated alkanes) is 8. The second-order valence-electron chi connectivity index (χ2n) is 6.26. The number of nitrogen functional groups attached to an aromatic ring is 2. The summed E-state index contributed by atoms with van der Waals surface area (Å²) < 4.78 is 0. The van der Waals surface area contributed by atoms with Gasteiger partial charge in [0.15, 0.2) is 0 Å². The van der Waals surface area contributed by atoms with Crippen molar-refractivity contribution >= 4 is 17.2 Å². The van der Waals surface area contributed by atoms with Crippen molar-refractivity contribution in [2.75, 3.05) is 11.5 Å². The maximum Gasteiger partial charge on any atom is 0.137 e. The van der Waals surface area contributed by atoms with Crippen molar-refractivity contribution in [2.45, 2.75) is 77.6 Å². The minimum Gasteiger partial charge on any atom is -0.397 e. The smallest absolute Gasteiger partial charge is 0.137 e. The molecular weight excluding hydrogens is 272 g/mol. The molecule has 0 heterocycles. The van der Waals surface area contributed by atoms with Gasteiger partial charge in [0.05, 0.1) is 11.4 Å². The standard InChI is InChI=1S/C19H32N2O/c1-2-3-4-5-6-7-8-9-10-11-17(22)14-16-12-13-18(20)19(21)15-16/h12-13,15H,2-11,14,20-21H2,1H3. The third-order valence-electron chi connectivity index (χ3n) is 4.11. The number of carbonyl (C=O) groups excluding carboxylic acids is 1. The Hall–Kier alpha value is -1.51. The molecule has 3 nitrogen and oxygen atoms in total. The summed E-state index contributed by atoms with van der Waals surface area (Å²) in [5.74, 6) is 0.298. The van der Waals surface area contributed by atoms with Crippen LogP contribution in [0.3, 0.4) is 0 Å². The third-order valence-corrected chi connectivity index (χ3v) is 4.11. The zero-order valence-corrected chi connectivity index (χ0v) is 14.1. The molecule has 1 rings (SSSR count). The number of hydrogen-bond donors (Lipinski definition) is 2. The molecule has 0 fully saturated rings. The molecule has 0 unspecified atom stereocenters. The van der Waals surface area contributed by atoms with Crippen LogP contribution in [0.5, 0.6) is 0 Å². The molecular formula is C19H32N2O. The van der Waals surface area contributed by atoms with Crippen LogP contribution in [0.15, 0.2) is 18.2 Å². The molecule has 0 aliphatic heterocycles. The number of Topliss-reactive ketones (excluding diaryl/α,β-unsaturated/α-hetero) is 1. The van der Waals surface area contributed by atoms with Crippen LogP contribution in [0.25, 0.3) is 0 Å². The summed E-state index contributed by atoms with van der Waals surface area (Å²) in [5, 5.41) is 0. The molecule has 4 N–H and O–H groups in total. The van der Waals surface area contributed by atoms with Crippen LogP contribution in [0.1, 0.15) is 76.7 Å². The fraction of sp³-hybridized carbons (Fsp3) is 0.632. The number of anilines is 2. The van der Waals surface area contributed by atoms with E-state index in [9.17, 15) is 4.79 Å². The van der Waals surface area contributed by atoms with E-state index in [0.717, 1.165) is 12.0 Å². The van der Waals surface area contributed by atoms with Crippen molar-refractivity contribution in [1.29, 1.82) is 0 Å². The molecule has 124 valence electrons. The van der Waals surface area contributed by atoms with E-state index in [1.165, 1.54) is 51.4 Å². The zero-order valence-electron chi connectivity index (χ0n) is 14.1. The molecule has 0 radical (unpaired) electrons. The summed E-state index contributed by atoms with van der Waals surface area (Å²) in [6.07, 6.45) is 12.7. The van der Waals surface area contributed by atoms with Gasteiger partial charge in [-0.05, 0) is 24.1 Å².